The second-order valence-corrected chi connectivity index (χ2v) is 8.47. The number of pyridine rings is 1. The highest BCUT2D eigenvalue weighted by Gasteiger charge is 2.18. The molecule has 5 heteroatoms. The molecule has 0 bridgehead atoms. The molecule has 6 rings (SSSR count). The maximum atomic E-state index is 13.7. The molecule has 1 fully saturated rings. The summed E-state index contributed by atoms with van der Waals surface area (Å²) in [6.45, 7) is 3.20. The average Bonchev–Trinajstić information content (AvgIpc) is 3.29. The van der Waals surface area contributed by atoms with Crippen LogP contribution in [0.1, 0.15) is 0 Å². The summed E-state index contributed by atoms with van der Waals surface area (Å²) >= 11 is 0. The van der Waals surface area contributed by atoms with Gasteiger partial charge in [0.15, 0.2) is 0 Å². The van der Waals surface area contributed by atoms with Crippen LogP contribution in [0, 0.1) is 5.82 Å². The predicted molar refractivity (Wildman–Crippen MR) is 134 cm³/mol. The van der Waals surface area contributed by atoms with Gasteiger partial charge in [-0.3, -0.25) is 4.40 Å². The second-order valence-electron chi connectivity index (χ2n) is 8.47. The van der Waals surface area contributed by atoms with Gasteiger partial charge in [0.25, 0.3) is 0 Å². The van der Waals surface area contributed by atoms with Crippen molar-refractivity contribution in [2.45, 2.75) is 0 Å². The van der Waals surface area contributed by atoms with E-state index in [1.165, 1.54) is 17.7 Å². The fourth-order valence-electron chi connectivity index (χ4n) is 4.58. The number of hydrogen-bond donors (Lipinski definition) is 0. The fraction of sp³-hybridized carbons (Fsp3) is 0.138. The number of hydrogen-bond acceptors (Lipinski definition) is 3. The molecule has 0 radical (unpaired) electrons. The van der Waals surface area contributed by atoms with Crippen LogP contribution in [-0.4, -0.2) is 35.7 Å². The molecular formula is C29H24FN3O. The summed E-state index contributed by atoms with van der Waals surface area (Å²) in [5.74, 6) is -0.254. The van der Waals surface area contributed by atoms with Gasteiger partial charge in [-0.1, -0.05) is 54.6 Å². The van der Waals surface area contributed by atoms with E-state index in [2.05, 4.69) is 64.0 Å². The van der Waals surface area contributed by atoms with Crippen molar-refractivity contribution in [1.29, 1.82) is 0 Å². The third-order valence-electron chi connectivity index (χ3n) is 6.36. The van der Waals surface area contributed by atoms with Gasteiger partial charge in [-0.25, -0.2) is 9.37 Å². The van der Waals surface area contributed by atoms with Crippen LogP contribution in [0.15, 0.2) is 97.2 Å². The maximum Gasteiger partial charge on any atom is 0.138 e. The number of benzene rings is 3. The van der Waals surface area contributed by atoms with Gasteiger partial charge in [0, 0.05) is 30.4 Å². The minimum Gasteiger partial charge on any atom is -0.378 e. The third kappa shape index (κ3) is 3.84. The largest absolute Gasteiger partial charge is 0.378 e. The topological polar surface area (TPSA) is 29.8 Å². The van der Waals surface area contributed by atoms with E-state index in [-0.39, 0.29) is 5.82 Å². The van der Waals surface area contributed by atoms with Gasteiger partial charge in [0.2, 0.25) is 0 Å². The third-order valence-corrected chi connectivity index (χ3v) is 6.36. The molecule has 0 spiro atoms. The molecule has 0 aliphatic carbocycles. The van der Waals surface area contributed by atoms with Gasteiger partial charge >= 0.3 is 0 Å². The van der Waals surface area contributed by atoms with Crippen molar-refractivity contribution in [3.63, 3.8) is 0 Å². The van der Waals surface area contributed by atoms with Crippen molar-refractivity contribution in [2.75, 3.05) is 31.2 Å². The summed E-state index contributed by atoms with van der Waals surface area (Å²) in [7, 11) is 0. The smallest absolute Gasteiger partial charge is 0.138 e. The van der Waals surface area contributed by atoms with Crippen molar-refractivity contribution < 1.29 is 9.13 Å². The van der Waals surface area contributed by atoms with E-state index < -0.39 is 0 Å². The van der Waals surface area contributed by atoms with Gasteiger partial charge in [0.05, 0.1) is 30.3 Å². The van der Waals surface area contributed by atoms with Crippen molar-refractivity contribution in [3.8, 4) is 33.6 Å². The first-order chi connectivity index (χ1) is 16.8. The number of nitrogens with zero attached hydrogens (tertiary/aromatic N) is 3. The Hall–Kier alpha value is -3.96. The van der Waals surface area contributed by atoms with Gasteiger partial charge in [-0.15, -0.1) is 0 Å². The van der Waals surface area contributed by atoms with Crippen LogP contribution in [0.4, 0.5) is 10.1 Å². The van der Waals surface area contributed by atoms with Gasteiger partial charge in [-0.2, -0.15) is 0 Å². The molecule has 0 amide bonds. The summed E-state index contributed by atoms with van der Waals surface area (Å²) in [5, 5.41) is 0. The van der Waals surface area contributed by atoms with E-state index in [9.17, 15) is 4.39 Å². The first-order valence-electron chi connectivity index (χ1n) is 11.5. The van der Waals surface area contributed by atoms with Crippen molar-refractivity contribution in [3.05, 3.63) is 103 Å². The van der Waals surface area contributed by atoms with Crippen LogP contribution >= 0.6 is 0 Å². The van der Waals surface area contributed by atoms with E-state index in [4.69, 9.17) is 9.72 Å². The summed E-state index contributed by atoms with van der Waals surface area (Å²) in [5.41, 5.74) is 8.13. The quantitative estimate of drug-likeness (QED) is 0.322. The van der Waals surface area contributed by atoms with Crippen LogP contribution in [-0.2, 0) is 4.74 Å². The van der Waals surface area contributed by atoms with E-state index in [1.54, 1.807) is 12.1 Å². The monoisotopic (exact) mass is 449 g/mol. The molecule has 2 aromatic heterocycles. The molecule has 1 saturated heterocycles. The number of rotatable bonds is 4. The molecular weight excluding hydrogens is 425 g/mol. The molecule has 5 aromatic rings. The zero-order chi connectivity index (χ0) is 22.9. The zero-order valence-electron chi connectivity index (χ0n) is 18.7. The van der Waals surface area contributed by atoms with Crippen molar-refractivity contribution >= 4 is 11.3 Å². The number of imidazole rings is 1. The SMILES string of the molecule is Fc1ccc(-c2nc3ccc(N4CCOCC4)cn3c2-c2ccc(-c3ccccc3)cc2)cc1. The lowest BCUT2D eigenvalue weighted by Crippen LogP contribution is -2.36. The van der Waals surface area contributed by atoms with Crippen LogP contribution in [0.3, 0.4) is 0 Å². The molecule has 168 valence electrons. The molecule has 1 aliphatic heterocycles. The zero-order valence-corrected chi connectivity index (χ0v) is 18.7. The van der Waals surface area contributed by atoms with Crippen molar-refractivity contribution in [1.82, 2.24) is 9.38 Å². The van der Waals surface area contributed by atoms with Crippen LogP contribution < -0.4 is 4.90 Å². The van der Waals surface area contributed by atoms with Crippen LogP contribution in [0.25, 0.3) is 39.3 Å². The van der Waals surface area contributed by atoms with E-state index in [0.717, 1.165) is 65.7 Å². The molecule has 3 aromatic carbocycles. The normalized spacial score (nSPS) is 14.0. The molecule has 0 unspecified atom stereocenters. The first-order valence-corrected chi connectivity index (χ1v) is 11.5. The molecule has 1 aliphatic rings. The molecule has 34 heavy (non-hydrogen) atoms. The summed E-state index contributed by atoms with van der Waals surface area (Å²) in [4.78, 5) is 7.29. The highest BCUT2D eigenvalue weighted by atomic mass is 19.1. The predicted octanol–water partition coefficient (Wildman–Crippen LogP) is 6.31. The average molecular weight is 450 g/mol. The Bertz CT molecular complexity index is 1420. The number of aromatic nitrogens is 2. The lowest BCUT2D eigenvalue weighted by molar-refractivity contribution is 0.122. The fourth-order valence-corrected chi connectivity index (χ4v) is 4.58. The molecule has 0 N–H and O–H groups in total. The molecule has 0 atom stereocenters. The van der Waals surface area contributed by atoms with Crippen molar-refractivity contribution in [2.24, 2.45) is 0 Å². The maximum absolute atomic E-state index is 13.7. The molecule has 0 saturated carbocycles. The number of ether oxygens (including phenoxy) is 1. The number of halogens is 1. The number of anilines is 1. The summed E-state index contributed by atoms with van der Waals surface area (Å²) in [6, 6.07) is 29.6. The highest BCUT2D eigenvalue weighted by Crippen LogP contribution is 2.35. The Kier molecular flexibility index (Phi) is 5.32. The Labute approximate surface area is 197 Å². The van der Waals surface area contributed by atoms with Crippen LogP contribution in [0.5, 0.6) is 0 Å². The van der Waals surface area contributed by atoms with Crippen LogP contribution in [0.2, 0.25) is 0 Å². The van der Waals surface area contributed by atoms with E-state index >= 15 is 0 Å². The minimum atomic E-state index is -0.254. The summed E-state index contributed by atoms with van der Waals surface area (Å²) in [6.07, 6.45) is 2.15. The highest BCUT2D eigenvalue weighted by molar-refractivity contribution is 5.83. The first kappa shape index (κ1) is 20.6. The standard InChI is InChI=1S/C29H24FN3O/c30-25-12-10-23(11-13-25)28-29(24-8-6-22(7-9-24)21-4-2-1-3-5-21)33-20-26(14-15-27(33)31-28)32-16-18-34-19-17-32/h1-15,20H,16-19H2. The Balaban J connectivity index is 1.50. The van der Waals surface area contributed by atoms with Gasteiger partial charge < -0.3 is 9.64 Å². The Morgan fingerprint density at radius 1 is 0.676 bits per heavy atom. The lowest BCUT2D eigenvalue weighted by atomic mass is 10.0. The Morgan fingerprint density at radius 2 is 1.32 bits per heavy atom. The number of fused-ring (bicyclic) bond motifs is 1. The van der Waals surface area contributed by atoms with Gasteiger partial charge in [0.1, 0.15) is 11.5 Å². The van der Waals surface area contributed by atoms with E-state index in [1.807, 2.05) is 18.2 Å². The molecule has 4 nitrogen and oxygen atoms in total. The number of morpholine rings is 1. The minimum absolute atomic E-state index is 0.254. The van der Waals surface area contributed by atoms with E-state index in [0.29, 0.717) is 0 Å². The summed E-state index contributed by atoms with van der Waals surface area (Å²) < 4.78 is 21.3. The Morgan fingerprint density at radius 3 is 2.06 bits per heavy atom. The second kappa shape index (κ2) is 8.76. The van der Waals surface area contributed by atoms with Gasteiger partial charge in [-0.05, 0) is 47.5 Å². The lowest BCUT2D eigenvalue weighted by Gasteiger charge is -2.28. The molecule has 3 heterocycles.